The second-order valence-electron chi connectivity index (χ2n) is 3.19. The molecule has 0 amide bonds. The van der Waals surface area contributed by atoms with E-state index in [4.69, 9.17) is 4.42 Å². The van der Waals surface area contributed by atoms with Gasteiger partial charge in [-0.1, -0.05) is 12.2 Å². The minimum absolute atomic E-state index is 0.901. The number of rotatable bonds is 2. The van der Waals surface area contributed by atoms with Gasteiger partial charge in [0.25, 0.3) is 0 Å². The number of furan rings is 1. The van der Waals surface area contributed by atoms with E-state index < -0.39 is 0 Å². The highest BCUT2D eigenvalue weighted by atomic mass is 79.9. The molecule has 0 N–H and O–H groups in total. The molecule has 0 radical (unpaired) electrons. The molecule has 2 nitrogen and oxygen atoms in total. The second-order valence-corrected chi connectivity index (χ2v) is 4.04. The fourth-order valence-electron chi connectivity index (χ4n) is 1.47. The van der Waals surface area contributed by atoms with E-state index in [9.17, 15) is 0 Å². The molecule has 2 heterocycles. The second kappa shape index (κ2) is 4.11. The van der Waals surface area contributed by atoms with Gasteiger partial charge in [0.15, 0.2) is 0 Å². The van der Waals surface area contributed by atoms with Gasteiger partial charge in [-0.05, 0) is 28.4 Å². The van der Waals surface area contributed by atoms with Crippen molar-refractivity contribution >= 4 is 15.9 Å². The van der Waals surface area contributed by atoms with Crippen LogP contribution in [-0.2, 0) is 6.54 Å². The number of halogens is 1. The Morgan fingerprint density at radius 1 is 1.46 bits per heavy atom. The minimum atomic E-state index is 0.901. The maximum absolute atomic E-state index is 5.35. The lowest BCUT2D eigenvalue weighted by Crippen LogP contribution is -2.26. The number of hydrogen-bond donors (Lipinski definition) is 0. The number of nitrogens with zero attached hydrogens (tertiary/aromatic N) is 1. The van der Waals surface area contributed by atoms with Crippen LogP contribution >= 0.6 is 15.9 Å². The predicted octanol–water partition coefficient (Wildman–Crippen LogP) is 2.80. The Balaban J connectivity index is 1.98. The Hall–Kier alpha value is -0.540. The van der Waals surface area contributed by atoms with Crippen LogP contribution < -0.4 is 0 Å². The highest BCUT2D eigenvalue weighted by Gasteiger charge is 2.10. The van der Waals surface area contributed by atoms with Crippen LogP contribution in [0.3, 0.4) is 0 Å². The maximum atomic E-state index is 5.35. The van der Waals surface area contributed by atoms with Gasteiger partial charge in [-0.15, -0.1) is 0 Å². The maximum Gasteiger partial charge on any atom is 0.131 e. The predicted molar refractivity (Wildman–Crippen MR) is 55.4 cm³/mol. The quantitative estimate of drug-likeness (QED) is 0.741. The van der Waals surface area contributed by atoms with Crippen molar-refractivity contribution in [3.63, 3.8) is 0 Å². The molecule has 0 bridgehead atoms. The van der Waals surface area contributed by atoms with Crippen LogP contribution in [0.4, 0.5) is 0 Å². The molecule has 3 heteroatoms. The first-order chi connectivity index (χ1) is 6.36. The van der Waals surface area contributed by atoms with Gasteiger partial charge in [0.05, 0.1) is 17.3 Å². The molecule has 0 spiro atoms. The normalized spacial score (nSPS) is 17.9. The van der Waals surface area contributed by atoms with Crippen LogP contribution in [0.15, 0.2) is 33.4 Å². The van der Waals surface area contributed by atoms with Gasteiger partial charge in [0.2, 0.25) is 0 Å². The van der Waals surface area contributed by atoms with Gasteiger partial charge in [-0.3, -0.25) is 4.90 Å². The lowest BCUT2D eigenvalue weighted by molar-refractivity contribution is 0.264. The van der Waals surface area contributed by atoms with E-state index in [-0.39, 0.29) is 0 Å². The van der Waals surface area contributed by atoms with E-state index >= 15 is 0 Å². The van der Waals surface area contributed by atoms with Crippen LogP contribution in [0.25, 0.3) is 0 Å². The molecule has 0 aromatic carbocycles. The van der Waals surface area contributed by atoms with E-state index in [2.05, 4.69) is 33.0 Å². The zero-order valence-corrected chi connectivity index (χ0v) is 8.96. The Bertz CT molecular complexity index is 306. The van der Waals surface area contributed by atoms with E-state index in [0.29, 0.717) is 0 Å². The summed E-state index contributed by atoms with van der Waals surface area (Å²) in [5.41, 5.74) is 0. The van der Waals surface area contributed by atoms with Crippen molar-refractivity contribution in [2.75, 3.05) is 13.1 Å². The summed E-state index contributed by atoms with van der Waals surface area (Å²) < 4.78 is 6.43. The summed E-state index contributed by atoms with van der Waals surface area (Å²) in [6, 6.07) is 1.94. The van der Waals surface area contributed by atoms with Crippen LogP contribution in [0.5, 0.6) is 0 Å². The van der Waals surface area contributed by atoms with E-state index in [1.165, 1.54) is 0 Å². The molecule has 0 fully saturated rings. The van der Waals surface area contributed by atoms with Crippen molar-refractivity contribution in [3.05, 3.63) is 34.7 Å². The molecule has 70 valence electrons. The third kappa shape index (κ3) is 2.23. The van der Waals surface area contributed by atoms with Crippen molar-refractivity contribution in [1.82, 2.24) is 4.90 Å². The van der Waals surface area contributed by atoms with Gasteiger partial charge >= 0.3 is 0 Å². The highest BCUT2D eigenvalue weighted by molar-refractivity contribution is 9.10. The van der Waals surface area contributed by atoms with E-state index in [0.717, 1.165) is 36.3 Å². The first-order valence-corrected chi connectivity index (χ1v) is 5.25. The van der Waals surface area contributed by atoms with Gasteiger partial charge < -0.3 is 4.42 Å². The Labute approximate surface area is 86.3 Å². The minimum Gasteiger partial charge on any atom is -0.467 e. The fraction of sp³-hybridized carbons (Fsp3) is 0.400. The molecule has 0 saturated carbocycles. The van der Waals surface area contributed by atoms with Crippen LogP contribution in [0.2, 0.25) is 0 Å². The van der Waals surface area contributed by atoms with Gasteiger partial charge in [0.1, 0.15) is 5.76 Å². The molecule has 1 aromatic heterocycles. The SMILES string of the molecule is Brc1ccoc1CN1CC=CCC1. The lowest BCUT2D eigenvalue weighted by Gasteiger charge is -2.21. The molecule has 13 heavy (non-hydrogen) atoms. The zero-order valence-electron chi connectivity index (χ0n) is 7.37. The molecule has 0 atom stereocenters. The summed E-state index contributed by atoms with van der Waals surface area (Å²) in [4.78, 5) is 2.36. The van der Waals surface area contributed by atoms with E-state index in [1.807, 2.05) is 6.07 Å². The Morgan fingerprint density at radius 2 is 2.38 bits per heavy atom. The monoisotopic (exact) mass is 241 g/mol. The van der Waals surface area contributed by atoms with Crippen LogP contribution in [-0.4, -0.2) is 18.0 Å². The molecule has 0 saturated heterocycles. The third-order valence-electron chi connectivity index (χ3n) is 2.20. The molecular formula is C10H12BrNO. The smallest absolute Gasteiger partial charge is 0.131 e. The first-order valence-electron chi connectivity index (χ1n) is 4.45. The molecule has 0 aliphatic carbocycles. The molecule has 0 unspecified atom stereocenters. The highest BCUT2D eigenvalue weighted by Crippen LogP contribution is 2.19. The standard InChI is InChI=1S/C10H12BrNO/c11-9-4-7-13-10(9)8-12-5-2-1-3-6-12/h1-2,4,7H,3,5-6,8H2. The number of hydrogen-bond acceptors (Lipinski definition) is 2. The third-order valence-corrected chi connectivity index (χ3v) is 2.91. The average molecular weight is 242 g/mol. The van der Waals surface area contributed by atoms with Gasteiger partial charge in [-0.25, -0.2) is 0 Å². The molecule has 1 aliphatic heterocycles. The van der Waals surface area contributed by atoms with Crippen molar-refractivity contribution in [1.29, 1.82) is 0 Å². The topological polar surface area (TPSA) is 16.4 Å². The van der Waals surface area contributed by atoms with Gasteiger partial charge in [0, 0.05) is 13.1 Å². The summed E-state index contributed by atoms with van der Waals surface area (Å²) in [6.45, 7) is 3.06. The summed E-state index contributed by atoms with van der Waals surface area (Å²) in [6.07, 6.45) is 7.31. The average Bonchev–Trinajstić information content (AvgIpc) is 2.54. The lowest BCUT2D eigenvalue weighted by atomic mass is 10.2. The molecule has 2 rings (SSSR count). The molecular weight excluding hydrogens is 230 g/mol. The van der Waals surface area contributed by atoms with Crippen LogP contribution in [0.1, 0.15) is 12.2 Å². The summed E-state index contributed by atoms with van der Waals surface area (Å²) in [7, 11) is 0. The fourth-order valence-corrected chi connectivity index (χ4v) is 1.80. The van der Waals surface area contributed by atoms with Crippen molar-refractivity contribution in [3.8, 4) is 0 Å². The van der Waals surface area contributed by atoms with Crippen molar-refractivity contribution < 1.29 is 4.42 Å². The molecule has 1 aliphatic rings. The zero-order chi connectivity index (χ0) is 9.10. The summed E-state index contributed by atoms with van der Waals surface area (Å²) >= 11 is 3.45. The largest absolute Gasteiger partial charge is 0.467 e. The molecule has 1 aromatic rings. The summed E-state index contributed by atoms with van der Waals surface area (Å²) in [5, 5.41) is 0. The Kier molecular flexibility index (Phi) is 2.86. The Morgan fingerprint density at radius 3 is 3.00 bits per heavy atom. The summed E-state index contributed by atoms with van der Waals surface area (Å²) in [5.74, 6) is 1.02. The van der Waals surface area contributed by atoms with Gasteiger partial charge in [-0.2, -0.15) is 0 Å². The van der Waals surface area contributed by atoms with Crippen LogP contribution in [0, 0.1) is 0 Å². The first kappa shape index (κ1) is 9.03. The van der Waals surface area contributed by atoms with Crippen molar-refractivity contribution in [2.45, 2.75) is 13.0 Å². The van der Waals surface area contributed by atoms with E-state index in [1.54, 1.807) is 6.26 Å². The van der Waals surface area contributed by atoms with Crippen molar-refractivity contribution in [2.24, 2.45) is 0 Å².